The number of hydrogen-bond donors (Lipinski definition) is 0. The van der Waals surface area contributed by atoms with E-state index in [1.54, 1.807) is 5.57 Å². The van der Waals surface area contributed by atoms with Crippen LogP contribution in [0.3, 0.4) is 0 Å². The number of allylic oxidation sites excluding steroid dienone is 2. The Kier molecular flexibility index (Phi) is 3.64. The summed E-state index contributed by atoms with van der Waals surface area (Å²) in [4.78, 5) is 0. The number of rotatable bonds is 2. The molecule has 11 heavy (non-hydrogen) atoms. The van der Waals surface area contributed by atoms with Crippen LogP contribution in [0.2, 0.25) is 0 Å². The molecule has 2 atom stereocenters. The van der Waals surface area contributed by atoms with Gasteiger partial charge in [-0.05, 0) is 38.0 Å². The van der Waals surface area contributed by atoms with Crippen LogP contribution in [0.5, 0.6) is 0 Å². The molecule has 0 N–H and O–H groups in total. The Morgan fingerprint density at radius 2 is 2.45 bits per heavy atom. The Labute approximate surface area is 78.2 Å². The minimum Gasteiger partial charge on any atom is -0.0925 e. The zero-order chi connectivity index (χ0) is 8.27. The highest BCUT2D eigenvalue weighted by molar-refractivity contribution is 9.09. The highest BCUT2D eigenvalue weighted by Gasteiger charge is 2.17. The van der Waals surface area contributed by atoms with Crippen molar-refractivity contribution in [1.29, 1.82) is 0 Å². The second-order valence-electron chi connectivity index (χ2n) is 3.72. The monoisotopic (exact) mass is 216 g/mol. The molecule has 0 aliphatic heterocycles. The molecular weight excluding hydrogens is 200 g/mol. The molecule has 0 saturated carbocycles. The molecule has 1 aliphatic rings. The lowest BCUT2D eigenvalue weighted by Gasteiger charge is -2.24. The summed E-state index contributed by atoms with van der Waals surface area (Å²) in [5.74, 6) is 1.78. The van der Waals surface area contributed by atoms with Crippen LogP contribution in [0.15, 0.2) is 11.6 Å². The van der Waals surface area contributed by atoms with Crippen LogP contribution in [-0.2, 0) is 0 Å². The fourth-order valence-corrected chi connectivity index (χ4v) is 2.16. The molecule has 0 nitrogen and oxygen atoms in total. The summed E-state index contributed by atoms with van der Waals surface area (Å²) in [7, 11) is 0. The molecule has 1 rings (SSSR count). The maximum atomic E-state index is 3.54. The smallest absolute Gasteiger partial charge is 0.00597 e. The van der Waals surface area contributed by atoms with Gasteiger partial charge in [0.05, 0.1) is 0 Å². The first kappa shape index (κ1) is 9.31. The van der Waals surface area contributed by atoms with Gasteiger partial charge in [0, 0.05) is 5.33 Å². The maximum Gasteiger partial charge on any atom is 0.00597 e. The number of alkyl halides is 1. The van der Waals surface area contributed by atoms with Gasteiger partial charge in [0.15, 0.2) is 0 Å². The molecule has 0 unspecified atom stereocenters. The number of hydrogen-bond acceptors (Lipinski definition) is 0. The van der Waals surface area contributed by atoms with E-state index in [9.17, 15) is 0 Å². The van der Waals surface area contributed by atoms with Crippen molar-refractivity contribution >= 4 is 15.9 Å². The normalized spacial score (nSPS) is 27.9. The fourth-order valence-electron chi connectivity index (χ4n) is 1.63. The van der Waals surface area contributed by atoms with Gasteiger partial charge in [0.25, 0.3) is 0 Å². The molecule has 0 amide bonds. The highest BCUT2D eigenvalue weighted by atomic mass is 79.9. The lowest BCUT2D eigenvalue weighted by Crippen LogP contribution is -2.15. The Bertz CT molecular complexity index is 149. The zero-order valence-corrected chi connectivity index (χ0v) is 9.02. The van der Waals surface area contributed by atoms with Crippen molar-refractivity contribution < 1.29 is 0 Å². The molecule has 0 aromatic rings. The minimum absolute atomic E-state index is 0.847. The predicted octanol–water partition coefficient (Wildman–Crippen LogP) is 3.76. The van der Waals surface area contributed by atoms with Crippen molar-refractivity contribution in [1.82, 2.24) is 0 Å². The standard InChI is InChI=1S/C10H17Br/c1-8-3-5-10(6-4-8)9(2)7-11/h3,9-10H,4-7H2,1-2H3/t9-,10-/m1/s1. The molecule has 0 spiro atoms. The lowest BCUT2D eigenvalue weighted by molar-refractivity contribution is 0.357. The van der Waals surface area contributed by atoms with Crippen LogP contribution >= 0.6 is 15.9 Å². The van der Waals surface area contributed by atoms with Crippen molar-refractivity contribution in [3.8, 4) is 0 Å². The Hall–Kier alpha value is 0.220. The average molecular weight is 217 g/mol. The molecule has 0 aromatic carbocycles. The molecular formula is C10H17Br. The van der Waals surface area contributed by atoms with E-state index in [0.717, 1.165) is 17.2 Å². The quantitative estimate of drug-likeness (QED) is 0.488. The van der Waals surface area contributed by atoms with Gasteiger partial charge in [-0.2, -0.15) is 0 Å². The van der Waals surface area contributed by atoms with Crippen LogP contribution in [0.1, 0.15) is 33.1 Å². The molecule has 0 fully saturated rings. The third kappa shape index (κ3) is 2.62. The van der Waals surface area contributed by atoms with Crippen LogP contribution in [-0.4, -0.2) is 5.33 Å². The van der Waals surface area contributed by atoms with Gasteiger partial charge < -0.3 is 0 Å². The van der Waals surface area contributed by atoms with Crippen molar-refractivity contribution in [2.24, 2.45) is 11.8 Å². The Balaban J connectivity index is 2.40. The largest absolute Gasteiger partial charge is 0.0925 e. The van der Waals surface area contributed by atoms with E-state index in [1.165, 1.54) is 19.3 Å². The van der Waals surface area contributed by atoms with Gasteiger partial charge in [-0.1, -0.05) is 34.5 Å². The zero-order valence-electron chi connectivity index (χ0n) is 7.44. The van der Waals surface area contributed by atoms with Crippen LogP contribution in [0.4, 0.5) is 0 Å². The first-order valence-corrected chi connectivity index (χ1v) is 5.57. The molecule has 0 radical (unpaired) electrons. The van der Waals surface area contributed by atoms with E-state index in [1.807, 2.05) is 0 Å². The van der Waals surface area contributed by atoms with Crippen LogP contribution < -0.4 is 0 Å². The molecule has 1 aliphatic carbocycles. The summed E-state index contributed by atoms with van der Waals surface area (Å²) in [6.45, 7) is 4.59. The third-order valence-electron chi connectivity index (χ3n) is 2.73. The van der Waals surface area contributed by atoms with Crippen LogP contribution in [0.25, 0.3) is 0 Å². The fraction of sp³-hybridized carbons (Fsp3) is 0.800. The summed E-state index contributed by atoms with van der Waals surface area (Å²) in [5, 5.41) is 1.16. The van der Waals surface area contributed by atoms with Crippen molar-refractivity contribution in [3.05, 3.63) is 11.6 Å². The summed E-state index contributed by atoms with van der Waals surface area (Å²) in [6, 6.07) is 0. The maximum absolute atomic E-state index is 3.54. The van der Waals surface area contributed by atoms with E-state index >= 15 is 0 Å². The topological polar surface area (TPSA) is 0 Å². The molecule has 0 bridgehead atoms. The average Bonchev–Trinajstić information content (AvgIpc) is 2.05. The van der Waals surface area contributed by atoms with Crippen molar-refractivity contribution in [2.45, 2.75) is 33.1 Å². The summed E-state index contributed by atoms with van der Waals surface area (Å²) in [6.07, 6.45) is 6.43. The molecule has 64 valence electrons. The van der Waals surface area contributed by atoms with Gasteiger partial charge >= 0.3 is 0 Å². The first-order valence-electron chi connectivity index (χ1n) is 4.45. The third-order valence-corrected chi connectivity index (χ3v) is 3.75. The Morgan fingerprint density at radius 1 is 1.73 bits per heavy atom. The Morgan fingerprint density at radius 3 is 2.91 bits per heavy atom. The van der Waals surface area contributed by atoms with Crippen LogP contribution in [0, 0.1) is 11.8 Å². The SMILES string of the molecule is CC1=CC[C@@H]([C@H](C)CBr)CC1. The van der Waals surface area contributed by atoms with E-state index in [-0.39, 0.29) is 0 Å². The van der Waals surface area contributed by atoms with Gasteiger partial charge in [0.1, 0.15) is 0 Å². The minimum atomic E-state index is 0.847. The van der Waals surface area contributed by atoms with Gasteiger partial charge in [-0.3, -0.25) is 0 Å². The van der Waals surface area contributed by atoms with Crippen molar-refractivity contribution in [3.63, 3.8) is 0 Å². The number of halogens is 1. The second-order valence-corrected chi connectivity index (χ2v) is 4.36. The molecule has 0 aromatic heterocycles. The van der Waals surface area contributed by atoms with Gasteiger partial charge in [0.2, 0.25) is 0 Å². The highest BCUT2D eigenvalue weighted by Crippen LogP contribution is 2.29. The van der Waals surface area contributed by atoms with Crippen molar-refractivity contribution in [2.75, 3.05) is 5.33 Å². The molecule has 0 saturated heterocycles. The van der Waals surface area contributed by atoms with E-state index in [4.69, 9.17) is 0 Å². The van der Waals surface area contributed by atoms with E-state index in [2.05, 4.69) is 35.9 Å². The summed E-state index contributed by atoms with van der Waals surface area (Å²) < 4.78 is 0. The van der Waals surface area contributed by atoms with E-state index in [0.29, 0.717) is 0 Å². The van der Waals surface area contributed by atoms with E-state index < -0.39 is 0 Å². The second kappa shape index (κ2) is 4.30. The van der Waals surface area contributed by atoms with Gasteiger partial charge in [-0.25, -0.2) is 0 Å². The summed E-state index contributed by atoms with van der Waals surface area (Å²) >= 11 is 3.54. The molecule has 0 heterocycles. The predicted molar refractivity (Wildman–Crippen MR) is 54.1 cm³/mol. The molecule has 1 heteroatoms. The van der Waals surface area contributed by atoms with Gasteiger partial charge in [-0.15, -0.1) is 0 Å². The lowest BCUT2D eigenvalue weighted by atomic mass is 9.83. The first-order chi connectivity index (χ1) is 5.24. The summed E-state index contributed by atoms with van der Waals surface area (Å²) in [5.41, 5.74) is 1.59.